The maximum absolute atomic E-state index is 12.4. The molecule has 1 unspecified atom stereocenters. The summed E-state index contributed by atoms with van der Waals surface area (Å²) >= 11 is 1.66. The summed E-state index contributed by atoms with van der Waals surface area (Å²) in [4.78, 5) is 24.9. The minimum atomic E-state index is -0.200. The van der Waals surface area contributed by atoms with Crippen molar-refractivity contribution in [2.24, 2.45) is 0 Å². The van der Waals surface area contributed by atoms with Crippen LogP contribution < -0.4 is 5.32 Å². The van der Waals surface area contributed by atoms with Gasteiger partial charge in [0.05, 0.1) is 5.39 Å². The lowest BCUT2D eigenvalue weighted by molar-refractivity contribution is -0.127. The first kappa shape index (κ1) is 15.8. The molecule has 132 valence electrons. The van der Waals surface area contributed by atoms with E-state index in [0.717, 1.165) is 58.8 Å². The second-order valence-corrected chi connectivity index (χ2v) is 8.00. The van der Waals surface area contributed by atoms with E-state index in [1.807, 2.05) is 25.2 Å². The van der Waals surface area contributed by atoms with Gasteiger partial charge >= 0.3 is 0 Å². The number of likely N-dealkylation sites (tertiary alicyclic amines) is 1. The number of anilines is 1. The van der Waals surface area contributed by atoms with E-state index in [-0.39, 0.29) is 11.9 Å². The fraction of sp³-hybridized carbons (Fsp3) is 0.350. The Morgan fingerprint density at radius 2 is 1.96 bits per heavy atom. The number of benzene rings is 1. The van der Waals surface area contributed by atoms with Crippen molar-refractivity contribution < 1.29 is 4.79 Å². The van der Waals surface area contributed by atoms with E-state index in [1.54, 1.807) is 16.2 Å². The van der Waals surface area contributed by atoms with Gasteiger partial charge in [0.15, 0.2) is 0 Å². The summed E-state index contributed by atoms with van der Waals surface area (Å²) in [6.45, 7) is 0.787. The van der Waals surface area contributed by atoms with E-state index >= 15 is 0 Å². The number of nitrogens with zero attached hydrogens (tertiary/aromatic N) is 3. The number of aromatic nitrogens is 2. The molecule has 1 saturated carbocycles. The number of carbonyl (C=O) groups excluding carboxylic acids is 1. The van der Waals surface area contributed by atoms with Gasteiger partial charge in [-0.25, -0.2) is 9.97 Å². The number of hydrogen-bond acceptors (Lipinski definition) is 5. The van der Waals surface area contributed by atoms with Crippen molar-refractivity contribution in [2.45, 2.75) is 31.2 Å². The first-order valence-electron chi connectivity index (χ1n) is 9.07. The molecule has 0 spiro atoms. The van der Waals surface area contributed by atoms with Crippen LogP contribution in [0.15, 0.2) is 35.7 Å². The quantitative estimate of drug-likeness (QED) is 0.763. The molecule has 2 fully saturated rings. The van der Waals surface area contributed by atoms with E-state index in [1.165, 1.54) is 0 Å². The SMILES string of the molecule is CN1CCC(Nc2nc(C3CC3)nc3scc(-c4ccccc4)c23)C1=O. The molecule has 6 heteroatoms. The zero-order valence-corrected chi connectivity index (χ0v) is 15.4. The number of thiophene rings is 1. The monoisotopic (exact) mass is 364 g/mol. The lowest BCUT2D eigenvalue weighted by Gasteiger charge is -2.15. The number of hydrogen-bond donors (Lipinski definition) is 1. The van der Waals surface area contributed by atoms with Crippen LogP contribution in [0.5, 0.6) is 0 Å². The van der Waals surface area contributed by atoms with Gasteiger partial charge in [0.25, 0.3) is 0 Å². The molecule has 3 aromatic rings. The van der Waals surface area contributed by atoms with Gasteiger partial charge in [0, 0.05) is 30.5 Å². The maximum atomic E-state index is 12.4. The van der Waals surface area contributed by atoms with Crippen LogP contribution in [0.1, 0.15) is 31.0 Å². The Balaban J connectivity index is 1.63. The van der Waals surface area contributed by atoms with E-state index in [4.69, 9.17) is 9.97 Å². The second-order valence-electron chi connectivity index (χ2n) is 7.15. The molecule has 5 rings (SSSR count). The van der Waals surface area contributed by atoms with Crippen molar-refractivity contribution in [1.29, 1.82) is 0 Å². The van der Waals surface area contributed by atoms with Crippen LogP contribution in [0.2, 0.25) is 0 Å². The van der Waals surface area contributed by atoms with E-state index in [0.29, 0.717) is 5.92 Å². The minimum Gasteiger partial charge on any atom is -0.358 e. The summed E-state index contributed by atoms with van der Waals surface area (Å²) in [7, 11) is 1.86. The normalized spacial score (nSPS) is 20.1. The average molecular weight is 364 g/mol. The summed E-state index contributed by atoms with van der Waals surface area (Å²) in [5, 5.41) is 6.63. The molecule has 3 heterocycles. The Kier molecular flexibility index (Phi) is 3.67. The summed E-state index contributed by atoms with van der Waals surface area (Å²) in [6, 6.07) is 10.1. The molecule has 2 aliphatic rings. The second kappa shape index (κ2) is 6.06. The minimum absolute atomic E-state index is 0.140. The molecule has 1 amide bonds. The molecule has 1 aliphatic heterocycles. The van der Waals surface area contributed by atoms with Crippen LogP contribution in [0.3, 0.4) is 0 Å². The lowest BCUT2D eigenvalue weighted by Crippen LogP contribution is -2.31. The van der Waals surface area contributed by atoms with Crippen LogP contribution in [-0.2, 0) is 4.79 Å². The van der Waals surface area contributed by atoms with Crippen molar-refractivity contribution in [3.05, 3.63) is 41.5 Å². The van der Waals surface area contributed by atoms with Crippen molar-refractivity contribution in [3.63, 3.8) is 0 Å². The molecule has 1 aliphatic carbocycles. The summed E-state index contributed by atoms with van der Waals surface area (Å²) in [5.41, 5.74) is 2.29. The third-order valence-corrected chi connectivity index (χ3v) is 6.09. The Hall–Kier alpha value is -2.47. The van der Waals surface area contributed by atoms with Crippen molar-refractivity contribution >= 4 is 33.3 Å². The first-order valence-corrected chi connectivity index (χ1v) is 9.95. The molecule has 0 radical (unpaired) electrons. The summed E-state index contributed by atoms with van der Waals surface area (Å²) < 4.78 is 0. The highest BCUT2D eigenvalue weighted by atomic mass is 32.1. The topological polar surface area (TPSA) is 58.1 Å². The molecule has 0 bridgehead atoms. The standard InChI is InChI=1S/C20H20N4OS/c1-24-10-9-15(20(24)25)21-18-16-14(12-5-3-2-4-6-12)11-26-19(16)23-17(22-18)13-7-8-13/h2-6,11,13,15H,7-10H2,1H3,(H,21,22,23). The smallest absolute Gasteiger partial charge is 0.244 e. The van der Waals surface area contributed by atoms with Crippen LogP contribution >= 0.6 is 11.3 Å². The third-order valence-electron chi connectivity index (χ3n) is 5.22. The van der Waals surface area contributed by atoms with Crippen LogP contribution in [-0.4, -0.2) is 40.4 Å². The molecule has 1 N–H and O–H groups in total. The molecule has 1 atom stereocenters. The zero-order chi connectivity index (χ0) is 17.7. The first-order chi connectivity index (χ1) is 12.7. The van der Waals surface area contributed by atoms with Gasteiger partial charge in [-0.2, -0.15) is 0 Å². The zero-order valence-electron chi connectivity index (χ0n) is 14.6. The summed E-state index contributed by atoms with van der Waals surface area (Å²) in [5.74, 6) is 2.34. The fourth-order valence-electron chi connectivity index (χ4n) is 3.54. The van der Waals surface area contributed by atoms with Crippen LogP contribution in [0, 0.1) is 0 Å². The Morgan fingerprint density at radius 3 is 2.65 bits per heavy atom. The number of nitrogens with one attached hydrogen (secondary N) is 1. The molecule has 2 aromatic heterocycles. The number of fused-ring (bicyclic) bond motifs is 1. The van der Waals surface area contributed by atoms with Crippen molar-refractivity contribution in [1.82, 2.24) is 14.9 Å². The van der Waals surface area contributed by atoms with Crippen molar-refractivity contribution in [2.75, 3.05) is 18.9 Å². The average Bonchev–Trinajstić information content (AvgIpc) is 3.36. The summed E-state index contributed by atoms with van der Waals surface area (Å²) in [6.07, 6.45) is 3.13. The Morgan fingerprint density at radius 1 is 1.15 bits per heavy atom. The highest BCUT2D eigenvalue weighted by molar-refractivity contribution is 7.17. The van der Waals surface area contributed by atoms with E-state index in [9.17, 15) is 4.79 Å². The van der Waals surface area contributed by atoms with Gasteiger partial charge < -0.3 is 10.2 Å². The number of likely N-dealkylation sites (N-methyl/N-ethyl adjacent to an activating group) is 1. The molecule has 26 heavy (non-hydrogen) atoms. The molecular formula is C20H20N4OS. The highest BCUT2D eigenvalue weighted by Gasteiger charge is 2.32. The van der Waals surface area contributed by atoms with Gasteiger partial charge in [-0.3, -0.25) is 4.79 Å². The van der Waals surface area contributed by atoms with Gasteiger partial charge in [0.2, 0.25) is 5.91 Å². The van der Waals surface area contributed by atoms with E-state index < -0.39 is 0 Å². The largest absolute Gasteiger partial charge is 0.358 e. The van der Waals surface area contributed by atoms with Crippen LogP contribution in [0.25, 0.3) is 21.3 Å². The predicted molar refractivity (Wildman–Crippen MR) is 104 cm³/mol. The predicted octanol–water partition coefficient (Wildman–Crippen LogP) is 3.88. The van der Waals surface area contributed by atoms with E-state index in [2.05, 4.69) is 22.8 Å². The van der Waals surface area contributed by atoms with Gasteiger partial charge in [0.1, 0.15) is 22.5 Å². The third kappa shape index (κ3) is 2.65. The Bertz CT molecular complexity index is 980. The van der Waals surface area contributed by atoms with Crippen LogP contribution in [0.4, 0.5) is 5.82 Å². The van der Waals surface area contributed by atoms with Crippen molar-refractivity contribution in [3.8, 4) is 11.1 Å². The fourth-order valence-corrected chi connectivity index (χ4v) is 4.49. The maximum Gasteiger partial charge on any atom is 0.244 e. The Labute approximate surface area is 156 Å². The molecule has 1 aromatic carbocycles. The number of carbonyl (C=O) groups is 1. The molecule has 1 saturated heterocycles. The van der Waals surface area contributed by atoms with Gasteiger partial charge in [-0.05, 0) is 24.8 Å². The molecular weight excluding hydrogens is 344 g/mol. The lowest BCUT2D eigenvalue weighted by atomic mass is 10.1. The number of rotatable bonds is 4. The number of amides is 1. The molecule has 5 nitrogen and oxygen atoms in total. The van der Waals surface area contributed by atoms with Gasteiger partial charge in [-0.1, -0.05) is 30.3 Å². The van der Waals surface area contributed by atoms with Gasteiger partial charge in [-0.15, -0.1) is 11.3 Å². The highest BCUT2D eigenvalue weighted by Crippen LogP contribution is 2.42.